The molecule has 2 aliphatic rings. The quantitative estimate of drug-likeness (QED) is 0.867. The molecular weight excluding hydrogens is 296 g/mol. The van der Waals surface area contributed by atoms with Gasteiger partial charge in [-0.05, 0) is 30.5 Å². The molecule has 0 saturated carbocycles. The average molecular weight is 314 g/mol. The van der Waals surface area contributed by atoms with Gasteiger partial charge in [-0.25, -0.2) is 0 Å². The third kappa shape index (κ3) is 2.42. The van der Waals surface area contributed by atoms with Gasteiger partial charge in [-0.2, -0.15) is 0 Å². The Morgan fingerprint density at radius 2 is 1.83 bits per heavy atom. The van der Waals surface area contributed by atoms with E-state index in [1.807, 2.05) is 30.3 Å². The summed E-state index contributed by atoms with van der Waals surface area (Å²) in [5.41, 5.74) is 2.17. The van der Waals surface area contributed by atoms with E-state index >= 15 is 0 Å². The Balaban J connectivity index is 1.65. The molecule has 0 fully saturated rings. The molecule has 2 heterocycles. The minimum Gasteiger partial charge on any atom is -0.496 e. The molecule has 120 valence electrons. The fourth-order valence-electron chi connectivity index (χ4n) is 3.08. The molecule has 1 atom stereocenters. The van der Waals surface area contributed by atoms with Crippen LogP contribution in [0.25, 0.3) is 0 Å². The Morgan fingerprint density at radius 3 is 2.65 bits per heavy atom. The van der Waals surface area contributed by atoms with Crippen LogP contribution in [-0.2, 0) is 6.42 Å². The highest BCUT2D eigenvalue weighted by Crippen LogP contribution is 2.43. The first-order chi connectivity index (χ1) is 11.3. The lowest BCUT2D eigenvalue weighted by Gasteiger charge is -2.28. The number of ether oxygens (including phenoxy) is 5. The maximum absolute atomic E-state index is 6.21. The van der Waals surface area contributed by atoms with Gasteiger partial charge in [-0.1, -0.05) is 6.07 Å². The summed E-state index contributed by atoms with van der Waals surface area (Å²) < 4.78 is 27.8. The zero-order valence-electron chi connectivity index (χ0n) is 13.1. The highest BCUT2D eigenvalue weighted by molar-refractivity contribution is 5.52. The molecule has 0 saturated heterocycles. The van der Waals surface area contributed by atoms with Crippen molar-refractivity contribution in [2.45, 2.75) is 18.9 Å². The van der Waals surface area contributed by atoms with Crippen molar-refractivity contribution in [3.63, 3.8) is 0 Å². The number of fused-ring (bicyclic) bond motifs is 2. The van der Waals surface area contributed by atoms with Gasteiger partial charge in [0.1, 0.15) is 23.4 Å². The van der Waals surface area contributed by atoms with E-state index in [1.165, 1.54) is 0 Å². The molecule has 0 radical (unpaired) electrons. The monoisotopic (exact) mass is 314 g/mol. The smallest absolute Gasteiger partial charge is 0.231 e. The summed E-state index contributed by atoms with van der Waals surface area (Å²) in [6.45, 7) is 0.279. The molecule has 0 N–H and O–H groups in total. The molecular formula is C18H18O5. The van der Waals surface area contributed by atoms with Crippen molar-refractivity contribution in [3.8, 4) is 28.7 Å². The maximum Gasteiger partial charge on any atom is 0.231 e. The highest BCUT2D eigenvalue weighted by Gasteiger charge is 2.26. The van der Waals surface area contributed by atoms with Gasteiger partial charge in [0.05, 0.1) is 14.2 Å². The maximum atomic E-state index is 6.21. The van der Waals surface area contributed by atoms with Crippen LogP contribution in [0, 0.1) is 0 Å². The molecule has 0 spiro atoms. The molecule has 2 aromatic rings. The summed E-state index contributed by atoms with van der Waals surface area (Å²) in [6, 6.07) is 9.76. The van der Waals surface area contributed by atoms with Gasteiger partial charge in [-0.15, -0.1) is 0 Å². The minimum absolute atomic E-state index is 0.0196. The van der Waals surface area contributed by atoms with E-state index in [-0.39, 0.29) is 12.9 Å². The Labute approximate surface area is 134 Å². The van der Waals surface area contributed by atoms with Crippen molar-refractivity contribution in [2.75, 3.05) is 21.0 Å². The van der Waals surface area contributed by atoms with Crippen molar-refractivity contribution in [3.05, 3.63) is 41.5 Å². The molecule has 2 aliphatic heterocycles. The molecule has 4 rings (SSSR count). The van der Waals surface area contributed by atoms with Crippen LogP contribution in [0.4, 0.5) is 0 Å². The summed E-state index contributed by atoms with van der Waals surface area (Å²) >= 11 is 0. The van der Waals surface area contributed by atoms with Crippen molar-refractivity contribution in [1.29, 1.82) is 0 Å². The second-order valence-electron chi connectivity index (χ2n) is 5.56. The summed E-state index contributed by atoms with van der Waals surface area (Å²) in [5, 5.41) is 0. The Hall–Kier alpha value is -2.56. The molecule has 5 heteroatoms. The standard InChI is InChI=1S/C18H18O5/c1-19-12-8-16(20-2)13-4-6-14(23-17(13)9-12)11-3-5-15-18(7-11)22-10-21-15/h3,5,7-9,14H,4,6,10H2,1-2H3/t14-/m0/s1. The molecule has 0 aromatic heterocycles. The summed E-state index contributed by atoms with van der Waals surface area (Å²) in [7, 11) is 3.30. The predicted octanol–water partition coefficient (Wildman–Crippen LogP) is 3.50. The Bertz CT molecular complexity index is 740. The third-order valence-electron chi connectivity index (χ3n) is 4.29. The molecule has 0 unspecified atom stereocenters. The Kier molecular flexibility index (Phi) is 3.41. The van der Waals surface area contributed by atoms with Gasteiger partial charge in [0, 0.05) is 17.7 Å². The fraction of sp³-hybridized carbons (Fsp3) is 0.333. The normalized spacial score (nSPS) is 18.1. The summed E-state index contributed by atoms with van der Waals surface area (Å²) in [6.07, 6.45) is 1.76. The number of methoxy groups -OCH3 is 2. The van der Waals surface area contributed by atoms with Gasteiger partial charge < -0.3 is 23.7 Å². The minimum atomic E-state index is -0.0196. The van der Waals surface area contributed by atoms with E-state index in [0.29, 0.717) is 0 Å². The van der Waals surface area contributed by atoms with Crippen molar-refractivity contribution < 1.29 is 23.7 Å². The van der Waals surface area contributed by atoms with Crippen molar-refractivity contribution >= 4 is 0 Å². The molecule has 2 aromatic carbocycles. The zero-order valence-corrected chi connectivity index (χ0v) is 13.1. The fourth-order valence-corrected chi connectivity index (χ4v) is 3.08. The number of benzene rings is 2. The van der Waals surface area contributed by atoms with E-state index in [0.717, 1.165) is 52.7 Å². The summed E-state index contributed by atoms with van der Waals surface area (Å²) in [4.78, 5) is 0. The first kappa shape index (κ1) is 14.1. The van der Waals surface area contributed by atoms with Crippen LogP contribution in [0.5, 0.6) is 28.7 Å². The van der Waals surface area contributed by atoms with Crippen LogP contribution in [0.3, 0.4) is 0 Å². The van der Waals surface area contributed by atoms with Crippen LogP contribution in [-0.4, -0.2) is 21.0 Å². The highest BCUT2D eigenvalue weighted by atomic mass is 16.7. The molecule has 0 aliphatic carbocycles. The lowest BCUT2D eigenvalue weighted by Crippen LogP contribution is -2.16. The van der Waals surface area contributed by atoms with Crippen LogP contribution in [0.2, 0.25) is 0 Å². The van der Waals surface area contributed by atoms with E-state index in [2.05, 4.69) is 0 Å². The lowest BCUT2D eigenvalue weighted by molar-refractivity contribution is 0.170. The average Bonchev–Trinajstić information content (AvgIpc) is 3.07. The molecule has 5 nitrogen and oxygen atoms in total. The predicted molar refractivity (Wildman–Crippen MR) is 83.8 cm³/mol. The molecule has 0 bridgehead atoms. The first-order valence-electron chi connectivity index (χ1n) is 7.59. The first-order valence-corrected chi connectivity index (χ1v) is 7.59. The van der Waals surface area contributed by atoms with Crippen LogP contribution in [0.1, 0.15) is 23.7 Å². The van der Waals surface area contributed by atoms with Crippen LogP contribution < -0.4 is 23.7 Å². The Morgan fingerprint density at radius 1 is 0.957 bits per heavy atom. The van der Waals surface area contributed by atoms with Crippen molar-refractivity contribution in [2.24, 2.45) is 0 Å². The van der Waals surface area contributed by atoms with E-state index in [9.17, 15) is 0 Å². The van der Waals surface area contributed by atoms with Gasteiger partial charge in [0.15, 0.2) is 11.5 Å². The number of rotatable bonds is 3. The molecule has 23 heavy (non-hydrogen) atoms. The van der Waals surface area contributed by atoms with Gasteiger partial charge in [0.2, 0.25) is 6.79 Å². The molecule has 0 amide bonds. The van der Waals surface area contributed by atoms with Gasteiger partial charge in [-0.3, -0.25) is 0 Å². The second kappa shape index (κ2) is 5.57. The van der Waals surface area contributed by atoms with Crippen LogP contribution in [0.15, 0.2) is 30.3 Å². The van der Waals surface area contributed by atoms with Crippen LogP contribution >= 0.6 is 0 Å². The lowest BCUT2D eigenvalue weighted by atomic mass is 9.96. The zero-order chi connectivity index (χ0) is 15.8. The van der Waals surface area contributed by atoms with E-state index in [4.69, 9.17) is 23.7 Å². The topological polar surface area (TPSA) is 46.2 Å². The van der Waals surface area contributed by atoms with Gasteiger partial charge >= 0.3 is 0 Å². The largest absolute Gasteiger partial charge is 0.496 e. The van der Waals surface area contributed by atoms with E-state index in [1.54, 1.807) is 14.2 Å². The number of hydrogen-bond acceptors (Lipinski definition) is 5. The second-order valence-corrected chi connectivity index (χ2v) is 5.56. The SMILES string of the molecule is COc1cc(OC)c2c(c1)O[C@H](c1ccc3c(c1)OCO3)CC2. The summed E-state index contributed by atoms with van der Waals surface area (Å²) in [5.74, 6) is 3.92. The van der Waals surface area contributed by atoms with E-state index < -0.39 is 0 Å². The third-order valence-corrected chi connectivity index (χ3v) is 4.29. The van der Waals surface area contributed by atoms with Gasteiger partial charge in [0.25, 0.3) is 0 Å². The van der Waals surface area contributed by atoms with Crippen molar-refractivity contribution in [1.82, 2.24) is 0 Å². The number of hydrogen-bond donors (Lipinski definition) is 0.